The van der Waals surface area contributed by atoms with Crippen molar-refractivity contribution in [3.05, 3.63) is 52.7 Å². The zero-order valence-electron chi connectivity index (χ0n) is 12.7. The molecule has 0 saturated heterocycles. The van der Waals surface area contributed by atoms with Crippen molar-refractivity contribution in [1.29, 1.82) is 0 Å². The Morgan fingerprint density at radius 3 is 3.17 bits per heavy atom. The van der Waals surface area contributed by atoms with Crippen LogP contribution in [0.2, 0.25) is 5.02 Å². The summed E-state index contributed by atoms with van der Waals surface area (Å²) in [4.78, 5) is 16.5. The van der Waals surface area contributed by atoms with E-state index in [9.17, 15) is 4.79 Å². The van der Waals surface area contributed by atoms with Gasteiger partial charge in [-0.3, -0.25) is 4.79 Å². The van der Waals surface area contributed by atoms with Gasteiger partial charge in [0.05, 0.1) is 13.0 Å². The lowest BCUT2D eigenvalue weighted by Gasteiger charge is -2.24. The van der Waals surface area contributed by atoms with Gasteiger partial charge in [0.2, 0.25) is 11.8 Å². The Labute approximate surface area is 139 Å². The molecule has 1 amide bonds. The summed E-state index contributed by atoms with van der Waals surface area (Å²) in [6.07, 6.45) is 2.27. The van der Waals surface area contributed by atoms with Crippen molar-refractivity contribution >= 4 is 17.5 Å². The van der Waals surface area contributed by atoms with E-state index in [4.69, 9.17) is 21.1 Å². The van der Waals surface area contributed by atoms with Crippen LogP contribution in [0.4, 0.5) is 0 Å². The molecule has 0 radical (unpaired) electrons. The maximum atomic E-state index is 12.4. The number of halogens is 1. The second-order valence-electron chi connectivity index (χ2n) is 5.35. The molecule has 0 aliphatic carbocycles. The van der Waals surface area contributed by atoms with Crippen LogP contribution in [0.25, 0.3) is 0 Å². The summed E-state index contributed by atoms with van der Waals surface area (Å²) >= 11 is 6.00. The average Bonchev–Trinajstić information content (AvgIpc) is 2.59. The minimum Gasteiger partial charge on any atom is -0.492 e. The predicted octanol–water partition coefficient (Wildman–Crippen LogP) is 2.61. The van der Waals surface area contributed by atoms with E-state index >= 15 is 0 Å². The molecule has 0 saturated carbocycles. The summed E-state index contributed by atoms with van der Waals surface area (Å²) in [5.41, 5.74) is 1.80. The third-order valence-corrected chi connectivity index (χ3v) is 4.03. The maximum absolute atomic E-state index is 12.4. The molecule has 120 valence electrons. The Bertz CT molecular complexity index is 721. The molecule has 1 aliphatic heterocycles. The average molecular weight is 333 g/mol. The zero-order chi connectivity index (χ0) is 16.2. The number of aromatic nitrogens is 1. The van der Waals surface area contributed by atoms with Crippen LogP contribution in [0.5, 0.6) is 11.6 Å². The van der Waals surface area contributed by atoms with Crippen LogP contribution in [0.3, 0.4) is 0 Å². The van der Waals surface area contributed by atoms with Crippen LogP contribution in [0.1, 0.15) is 11.1 Å². The van der Waals surface area contributed by atoms with E-state index in [1.807, 2.05) is 24.3 Å². The lowest BCUT2D eigenvalue weighted by molar-refractivity contribution is -0.126. The number of carbonyl (C=O) groups is 1. The number of rotatable bonds is 4. The van der Waals surface area contributed by atoms with Gasteiger partial charge in [-0.05, 0) is 36.2 Å². The van der Waals surface area contributed by atoms with Crippen molar-refractivity contribution in [1.82, 2.24) is 10.3 Å². The highest BCUT2D eigenvalue weighted by Crippen LogP contribution is 2.29. The van der Waals surface area contributed by atoms with E-state index < -0.39 is 0 Å². The summed E-state index contributed by atoms with van der Waals surface area (Å²) in [5.74, 6) is 1.03. The van der Waals surface area contributed by atoms with Crippen molar-refractivity contribution in [2.24, 2.45) is 5.92 Å². The van der Waals surface area contributed by atoms with E-state index in [-0.39, 0.29) is 11.8 Å². The molecule has 1 aliphatic rings. The molecule has 2 aromatic rings. The van der Waals surface area contributed by atoms with Crippen LogP contribution >= 0.6 is 11.6 Å². The third kappa shape index (κ3) is 3.56. The van der Waals surface area contributed by atoms with Crippen LogP contribution in [0, 0.1) is 5.92 Å². The molecule has 0 unspecified atom stereocenters. The number of nitrogens with zero attached hydrogens (tertiary/aromatic N) is 1. The first-order chi connectivity index (χ1) is 11.2. The highest BCUT2D eigenvalue weighted by atomic mass is 35.5. The Morgan fingerprint density at radius 2 is 2.35 bits per heavy atom. The van der Waals surface area contributed by atoms with E-state index in [0.717, 1.165) is 16.9 Å². The van der Waals surface area contributed by atoms with Crippen LogP contribution in [-0.2, 0) is 17.8 Å². The Morgan fingerprint density at radius 1 is 1.48 bits per heavy atom. The first kappa shape index (κ1) is 15.6. The van der Waals surface area contributed by atoms with E-state index in [2.05, 4.69) is 10.3 Å². The number of fused-ring (bicyclic) bond motifs is 1. The number of amides is 1. The molecule has 1 aromatic heterocycles. The lowest BCUT2D eigenvalue weighted by Crippen LogP contribution is -2.37. The number of hydrogen-bond acceptors (Lipinski definition) is 4. The Hall–Kier alpha value is -2.27. The van der Waals surface area contributed by atoms with Gasteiger partial charge in [0.15, 0.2) is 0 Å². The van der Waals surface area contributed by atoms with Gasteiger partial charge in [-0.15, -0.1) is 0 Å². The number of nitrogens with one attached hydrogen (secondary N) is 1. The van der Waals surface area contributed by atoms with Gasteiger partial charge >= 0.3 is 0 Å². The molecule has 6 heteroatoms. The monoisotopic (exact) mass is 332 g/mol. The largest absolute Gasteiger partial charge is 0.492 e. The molecule has 0 bridgehead atoms. The van der Waals surface area contributed by atoms with Gasteiger partial charge in [0.25, 0.3) is 0 Å². The molecule has 0 spiro atoms. The minimum atomic E-state index is -0.233. The normalized spacial score (nSPS) is 16.2. The number of ether oxygens (including phenoxy) is 2. The second-order valence-corrected chi connectivity index (χ2v) is 5.79. The highest BCUT2D eigenvalue weighted by Gasteiger charge is 2.26. The van der Waals surface area contributed by atoms with Crippen LogP contribution < -0.4 is 14.8 Å². The van der Waals surface area contributed by atoms with Gasteiger partial charge in [-0.1, -0.05) is 17.7 Å². The zero-order valence-corrected chi connectivity index (χ0v) is 13.5. The standard InChI is InChI=1S/C17H17ClN2O3/c1-22-17-11(3-2-6-19-17)9-20-16(21)13-7-12-8-14(18)4-5-15(12)23-10-13/h2-6,8,13H,7,9-10H2,1H3,(H,20,21)/t13-/m1/s1. The van der Waals surface area contributed by atoms with Gasteiger partial charge in [0.1, 0.15) is 12.4 Å². The van der Waals surface area contributed by atoms with E-state index in [0.29, 0.717) is 30.5 Å². The summed E-state index contributed by atoms with van der Waals surface area (Å²) < 4.78 is 10.8. The highest BCUT2D eigenvalue weighted by molar-refractivity contribution is 6.30. The van der Waals surface area contributed by atoms with Crippen LogP contribution in [-0.4, -0.2) is 24.6 Å². The predicted molar refractivity (Wildman–Crippen MR) is 86.8 cm³/mol. The smallest absolute Gasteiger partial charge is 0.227 e. The van der Waals surface area contributed by atoms with Gasteiger partial charge in [-0.25, -0.2) is 4.98 Å². The van der Waals surface area contributed by atoms with E-state index in [1.54, 1.807) is 19.4 Å². The second kappa shape index (κ2) is 6.87. The molecule has 1 aromatic carbocycles. The van der Waals surface area contributed by atoms with Crippen LogP contribution in [0.15, 0.2) is 36.5 Å². The number of hydrogen-bond donors (Lipinski definition) is 1. The number of methoxy groups -OCH3 is 1. The SMILES string of the molecule is COc1ncccc1CNC(=O)[C@H]1COc2ccc(Cl)cc2C1. The molecule has 3 rings (SSSR count). The van der Waals surface area contributed by atoms with Gasteiger partial charge < -0.3 is 14.8 Å². The lowest BCUT2D eigenvalue weighted by atomic mass is 9.96. The van der Waals surface area contributed by atoms with Gasteiger partial charge in [-0.2, -0.15) is 0 Å². The van der Waals surface area contributed by atoms with Gasteiger partial charge in [0, 0.05) is 23.3 Å². The van der Waals surface area contributed by atoms with Crippen molar-refractivity contribution in [2.75, 3.05) is 13.7 Å². The molecule has 2 heterocycles. The third-order valence-electron chi connectivity index (χ3n) is 3.80. The fraction of sp³-hybridized carbons (Fsp3) is 0.294. The first-order valence-corrected chi connectivity index (χ1v) is 7.72. The summed E-state index contributed by atoms with van der Waals surface area (Å²) in [6, 6.07) is 9.16. The summed E-state index contributed by atoms with van der Waals surface area (Å²) in [7, 11) is 1.56. The van der Waals surface area contributed by atoms with Crippen molar-refractivity contribution in [2.45, 2.75) is 13.0 Å². The molecule has 1 N–H and O–H groups in total. The maximum Gasteiger partial charge on any atom is 0.227 e. The molecular formula is C17H17ClN2O3. The number of carbonyl (C=O) groups excluding carboxylic acids is 1. The Balaban J connectivity index is 1.63. The van der Waals surface area contributed by atoms with Crippen molar-refractivity contribution in [3.8, 4) is 11.6 Å². The first-order valence-electron chi connectivity index (χ1n) is 7.34. The molecule has 1 atom stereocenters. The fourth-order valence-corrected chi connectivity index (χ4v) is 2.80. The number of pyridine rings is 1. The number of benzene rings is 1. The topological polar surface area (TPSA) is 60.5 Å². The van der Waals surface area contributed by atoms with Crippen molar-refractivity contribution in [3.63, 3.8) is 0 Å². The molecule has 0 fully saturated rings. The summed E-state index contributed by atoms with van der Waals surface area (Å²) in [6.45, 7) is 0.736. The molecule has 23 heavy (non-hydrogen) atoms. The molecule has 5 nitrogen and oxygen atoms in total. The summed E-state index contributed by atoms with van der Waals surface area (Å²) in [5, 5.41) is 3.56. The molecular weight excluding hydrogens is 316 g/mol. The fourth-order valence-electron chi connectivity index (χ4n) is 2.60. The quantitative estimate of drug-likeness (QED) is 0.935. The van der Waals surface area contributed by atoms with Crippen molar-refractivity contribution < 1.29 is 14.3 Å². The Kier molecular flexibility index (Phi) is 4.67. The minimum absolute atomic E-state index is 0.0541. The van der Waals surface area contributed by atoms with E-state index in [1.165, 1.54) is 0 Å².